The minimum Gasteiger partial charge on any atom is -0.383 e. The van der Waals surface area contributed by atoms with Gasteiger partial charge in [0.2, 0.25) is 0 Å². The lowest BCUT2D eigenvalue weighted by Gasteiger charge is -2.33. The molecule has 0 spiro atoms. The van der Waals surface area contributed by atoms with Gasteiger partial charge in [-0.1, -0.05) is 13.3 Å². The number of anilines is 2. The van der Waals surface area contributed by atoms with Gasteiger partial charge in [-0.05, 0) is 39.2 Å². The lowest BCUT2D eigenvalue weighted by atomic mass is 9.99. The van der Waals surface area contributed by atoms with Crippen molar-refractivity contribution in [2.75, 3.05) is 24.1 Å². The van der Waals surface area contributed by atoms with Crippen LogP contribution in [0.15, 0.2) is 0 Å². The van der Waals surface area contributed by atoms with Crippen molar-refractivity contribution in [2.45, 2.75) is 64.5 Å². The van der Waals surface area contributed by atoms with Crippen LogP contribution in [0.1, 0.15) is 50.4 Å². The first kappa shape index (κ1) is 14.6. The molecule has 21 heavy (non-hydrogen) atoms. The molecule has 0 aromatic carbocycles. The third kappa shape index (κ3) is 2.98. The molecule has 0 aliphatic carbocycles. The fourth-order valence-corrected chi connectivity index (χ4v) is 3.65. The van der Waals surface area contributed by atoms with E-state index in [4.69, 9.17) is 10.7 Å². The third-order valence-electron chi connectivity index (χ3n) is 4.88. The Morgan fingerprint density at radius 1 is 1.24 bits per heavy atom. The van der Waals surface area contributed by atoms with E-state index in [2.05, 4.69) is 22.1 Å². The summed E-state index contributed by atoms with van der Waals surface area (Å²) in [5, 5.41) is 3.68. The molecular formula is C16H27N5. The van der Waals surface area contributed by atoms with E-state index in [1.807, 2.05) is 6.92 Å². The first-order chi connectivity index (χ1) is 10.2. The van der Waals surface area contributed by atoms with Crippen molar-refractivity contribution in [1.29, 1.82) is 0 Å². The van der Waals surface area contributed by atoms with E-state index in [1.54, 1.807) is 0 Å². The number of piperidine rings is 1. The molecule has 2 saturated heterocycles. The second-order valence-electron chi connectivity index (χ2n) is 6.39. The lowest BCUT2D eigenvalue weighted by Crippen LogP contribution is -2.42. The fourth-order valence-electron chi connectivity index (χ4n) is 3.65. The number of hydrogen-bond acceptors (Lipinski definition) is 5. The van der Waals surface area contributed by atoms with Gasteiger partial charge in [-0.25, -0.2) is 9.97 Å². The molecule has 5 nitrogen and oxygen atoms in total. The quantitative estimate of drug-likeness (QED) is 0.890. The number of aryl methyl sites for hydroxylation is 1. The Kier molecular flexibility index (Phi) is 4.29. The van der Waals surface area contributed by atoms with E-state index in [1.165, 1.54) is 38.8 Å². The number of nitrogens with one attached hydrogen (secondary N) is 1. The van der Waals surface area contributed by atoms with E-state index in [0.717, 1.165) is 30.0 Å². The Labute approximate surface area is 127 Å². The molecule has 2 unspecified atom stereocenters. The molecule has 1 aromatic heterocycles. The maximum Gasteiger partial charge on any atom is 0.135 e. The van der Waals surface area contributed by atoms with Gasteiger partial charge in [0, 0.05) is 30.6 Å². The molecule has 2 aliphatic heterocycles. The molecule has 3 N–H and O–H groups in total. The Bertz CT molecular complexity index is 502. The Hall–Kier alpha value is -1.36. The first-order valence-electron chi connectivity index (χ1n) is 8.32. The molecule has 0 bridgehead atoms. The highest BCUT2D eigenvalue weighted by Crippen LogP contribution is 2.30. The van der Waals surface area contributed by atoms with E-state index in [-0.39, 0.29) is 0 Å². The van der Waals surface area contributed by atoms with Gasteiger partial charge in [0.25, 0.3) is 0 Å². The van der Waals surface area contributed by atoms with Gasteiger partial charge in [-0.2, -0.15) is 0 Å². The SMILES string of the molecule is CCCc1nc(N)c(C)c(NC2CCN3CCCCC23)n1. The summed E-state index contributed by atoms with van der Waals surface area (Å²) < 4.78 is 0. The largest absolute Gasteiger partial charge is 0.383 e. The van der Waals surface area contributed by atoms with Crippen LogP contribution in [-0.4, -0.2) is 40.0 Å². The van der Waals surface area contributed by atoms with Gasteiger partial charge >= 0.3 is 0 Å². The molecule has 1 aromatic rings. The van der Waals surface area contributed by atoms with Crippen molar-refractivity contribution in [1.82, 2.24) is 14.9 Å². The summed E-state index contributed by atoms with van der Waals surface area (Å²) in [5.41, 5.74) is 7.05. The predicted octanol–water partition coefficient (Wildman–Crippen LogP) is 2.36. The summed E-state index contributed by atoms with van der Waals surface area (Å²) in [4.78, 5) is 11.7. The highest BCUT2D eigenvalue weighted by molar-refractivity contribution is 5.55. The maximum absolute atomic E-state index is 6.06. The minimum atomic E-state index is 0.507. The van der Waals surface area contributed by atoms with E-state index in [0.29, 0.717) is 17.9 Å². The molecule has 5 heteroatoms. The van der Waals surface area contributed by atoms with Gasteiger partial charge in [-0.3, -0.25) is 4.90 Å². The second kappa shape index (κ2) is 6.18. The number of nitrogens with two attached hydrogens (primary N) is 1. The van der Waals surface area contributed by atoms with Crippen molar-refractivity contribution in [3.05, 3.63) is 11.4 Å². The van der Waals surface area contributed by atoms with Gasteiger partial charge in [0.05, 0.1) is 0 Å². The van der Waals surface area contributed by atoms with E-state index < -0.39 is 0 Å². The molecule has 0 radical (unpaired) electrons. The van der Waals surface area contributed by atoms with Crippen LogP contribution >= 0.6 is 0 Å². The summed E-state index contributed by atoms with van der Waals surface area (Å²) in [7, 11) is 0. The van der Waals surface area contributed by atoms with Crippen molar-refractivity contribution in [2.24, 2.45) is 0 Å². The molecule has 3 rings (SSSR count). The zero-order valence-corrected chi connectivity index (χ0v) is 13.2. The number of nitrogens with zero attached hydrogens (tertiary/aromatic N) is 3. The molecule has 116 valence electrons. The Balaban J connectivity index is 1.77. The summed E-state index contributed by atoms with van der Waals surface area (Å²) in [6, 6.07) is 1.18. The fraction of sp³-hybridized carbons (Fsp3) is 0.750. The molecule has 2 fully saturated rings. The van der Waals surface area contributed by atoms with Gasteiger partial charge in [-0.15, -0.1) is 0 Å². The number of fused-ring (bicyclic) bond motifs is 1. The van der Waals surface area contributed by atoms with Gasteiger partial charge < -0.3 is 11.1 Å². The van der Waals surface area contributed by atoms with E-state index >= 15 is 0 Å². The van der Waals surface area contributed by atoms with Crippen LogP contribution < -0.4 is 11.1 Å². The highest BCUT2D eigenvalue weighted by atomic mass is 15.2. The van der Waals surface area contributed by atoms with E-state index in [9.17, 15) is 0 Å². The number of aromatic nitrogens is 2. The molecule has 2 atom stereocenters. The Morgan fingerprint density at radius 2 is 2.10 bits per heavy atom. The number of rotatable bonds is 4. The zero-order valence-electron chi connectivity index (χ0n) is 13.2. The van der Waals surface area contributed by atoms with Crippen LogP contribution in [0.3, 0.4) is 0 Å². The monoisotopic (exact) mass is 289 g/mol. The summed E-state index contributed by atoms with van der Waals surface area (Å²) in [5.74, 6) is 2.43. The molecular weight excluding hydrogens is 262 g/mol. The summed E-state index contributed by atoms with van der Waals surface area (Å²) in [6.07, 6.45) is 7.14. The topological polar surface area (TPSA) is 67.1 Å². The zero-order chi connectivity index (χ0) is 14.8. The maximum atomic E-state index is 6.06. The van der Waals surface area contributed by atoms with Crippen LogP contribution in [0.25, 0.3) is 0 Å². The van der Waals surface area contributed by atoms with Crippen molar-refractivity contribution in [3.8, 4) is 0 Å². The van der Waals surface area contributed by atoms with Crippen LogP contribution in [-0.2, 0) is 6.42 Å². The second-order valence-corrected chi connectivity index (χ2v) is 6.39. The Morgan fingerprint density at radius 3 is 2.90 bits per heavy atom. The van der Waals surface area contributed by atoms with Crippen LogP contribution in [0, 0.1) is 6.92 Å². The van der Waals surface area contributed by atoms with Crippen LogP contribution in [0.2, 0.25) is 0 Å². The number of hydrogen-bond donors (Lipinski definition) is 2. The predicted molar refractivity (Wildman–Crippen MR) is 86.4 cm³/mol. The van der Waals surface area contributed by atoms with Gasteiger partial charge in [0.15, 0.2) is 0 Å². The normalized spacial score (nSPS) is 25.8. The van der Waals surface area contributed by atoms with Gasteiger partial charge in [0.1, 0.15) is 17.5 Å². The van der Waals surface area contributed by atoms with Crippen molar-refractivity contribution in [3.63, 3.8) is 0 Å². The average Bonchev–Trinajstić information content (AvgIpc) is 2.88. The molecule has 0 saturated carbocycles. The highest BCUT2D eigenvalue weighted by Gasteiger charge is 2.35. The smallest absolute Gasteiger partial charge is 0.135 e. The molecule has 3 heterocycles. The summed E-state index contributed by atoms with van der Waals surface area (Å²) >= 11 is 0. The molecule has 0 amide bonds. The van der Waals surface area contributed by atoms with Crippen LogP contribution in [0.5, 0.6) is 0 Å². The summed E-state index contributed by atoms with van der Waals surface area (Å²) in [6.45, 7) is 6.63. The molecule has 2 aliphatic rings. The first-order valence-corrected chi connectivity index (χ1v) is 8.32. The average molecular weight is 289 g/mol. The minimum absolute atomic E-state index is 0.507. The number of nitrogen functional groups attached to an aromatic ring is 1. The standard InChI is InChI=1S/C16H27N5/c1-3-6-14-19-15(17)11(2)16(20-14)18-12-8-10-21-9-5-4-7-13(12)21/h12-13H,3-10H2,1-2H3,(H3,17,18,19,20). The third-order valence-corrected chi connectivity index (χ3v) is 4.88. The van der Waals surface area contributed by atoms with Crippen LogP contribution in [0.4, 0.5) is 11.6 Å². The van der Waals surface area contributed by atoms with Crippen molar-refractivity contribution < 1.29 is 0 Å². The lowest BCUT2D eigenvalue weighted by molar-refractivity contribution is 0.192. The van der Waals surface area contributed by atoms with Crippen molar-refractivity contribution >= 4 is 11.6 Å².